The lowest BCUT2D eigenvalue weighted by Gasteiger charge is -2.10. The van der Waals surface area contributed by atoms with E-state index in [-0.39, 0.29) is 11.0 Å². The number of aromatic nitrogens is 3. The first kappa shape index (κ1) is 17.8. The van der Waals surface area contributed by atoms with Crippen molar-refractivity contribution in [3.05, 3.63) is 66.1 Å². The summed E-state index contributed by atoms with van der Waals surface area (Å²) >= 11 is 0. The standard InChI is InChI=1S/C19H14F3N5O/c20-19(21,22)18-25-15-7-3-4-8-16(15)27(18)11-17(28)26-24-10-12-9-23-14-6-2-1-5-13(12)14/h1-10,23H,11H2,(H,26,28). The van der Waals surface area contributed by atoms with Crippen LogP contribution in [-0.4, -0.2) is 26.7 Å². The second-order valence-corrected chi connectivity index (χ2v) is 6.09. The minimum atomic E-state index is -4.67. The van der Waals surface area contributed by atoms with E-state index in [0.717, 1.165) is 21.0 Å². The molecule has 4 aromatic rings. The van der Waals surface area contributed by atoms with Crippen LogP contribution in [0, 0.1) is 0 Å². The van der Waals surface area contributed by atoms with Gasteiger partial charge in [0.05, 0.1) is 17.2 Å². The van der Waals surface area contributed by atoms with Crippen LogP contribution >= 0.6 is 0 Å². The first-order chi connectivity index (χ1) is 13.4. The maximum Gasteiger partial charge on any atom is 0.449 e. The van der Waals surface area contributed by atoms with Crippen LogP contribution in [-0.2, 0) is 17.5 Å². The highest BCUT2D eigenvalue weighted by molar-refractivity contribution is 5.99. The highest BCUT2D eigenvalue weighted by Gasteiger charge is 2.37. The zero-order chi connectivity index (χ0) is 19.7. The van der Waals surface area contributed by atoms with E-state index in [4.69, 9.17) is 0 Å². The number of hydrogen-bond acceptors (Lipinski definition) is 3. The smallest absolute Gasteiger partial charge is 0.361 e. The van der Waals surface area contributed by atoms with Gasteiger partial charge in [-0.25, -0.2) is 10.4 Å². The summed E-state index contributed by atoms with van der Waals surface area (Å²) in [5, 5.41) is 4.77. The Bertz CT molecular complexity index is 1190. The molecule has 28 heavy (non-hydrogen) atoms. The van der Waals surface area contributed by atoms with Gasteiger partial charge in [-0.15, -0.1) is 0 Å². The van der Waals surface area contributed by atoms with E-state index < -0.39 is 24.5 Å². The number of hydrogen-bond donors (Lipinski definition) is 2. The van der Waals surface area contributed by atoms with Crippen LogP contribution in [0.2, 0.25) is 0 Å². The monoisotopic (exact) mass is 385 g/mol. The molecule has 2 heterocycles. The van der Waals surface area contributed by atoms with Crippen molar-refractivity contribution in [2.45, 2.75) is 12.7 Å². The fourth-order valence-corrected chi connectivity index (χ4v) is 3.01. The summed E-state index contributed by atoms with van der Waals surface area (Å²) in [5.74, 6) is -1.81. The van der Waals surface area contributed by atoms with Gasteiger partial charge in [-0.1, -0.05) is 30.3 Å². The molecule has 2 aromatic heterocycles. The van der Waals surface area contributed by atoms with Gasteiger partial charge in [-0.05, 0) is 18.2 Å². The summed E-state index contributed by atoms with van der Waals surface area (Å²) in [7, 11) is 0. The van der Waals surface area contributed by atoms with E-state index in [9.17, 15) is 18.0 Å². The maximum absolute atomic E-state index is 13.3. The van der Waals surface area contributed by atoms with Crippen molar-refractivity contribution in [1.29, 1.82) is 0 Å². The zero-order valence-electron chi connectivity index (χ0n) is 14.4. The molecule has 0 saturated carbocycles. The van der Waals surface area contributed by atoms with E-state index in [0.29, 0.717) is 0 Å². The number of carbonyl (C=O) groups excluding carboxylic acids is 1. The van der Waals surface area contributed by atoms with Crippen molar-refractivity contribution in [3.63, 3.8) is 0 Å². The van der Waals surface area contributed by atoms with Crippen LogP contribution in [0.4, 0.5) is 13.2 Å². The SMILES string of the molecule is O=C(Cn1c(C(F)(F)F)nc2ccccc21)NN=Cc1c[nH]c2ccccc12. The number of imidazole rings is 1. The van der Waals surface area contributed by atoms with Gasteiger partial charge in [-0.2, -0.15) is 18.3 Å². The van der Waals surface area contributed by atoms with Gasteiger partial charge in [-0.3, -0.25) is 4.79 Å². The Morgan fingerprint density at radius 1 is 1.18 bits per heavy atom. The lowest BCUT2D eigenvalue weighted by Crippen LogP contribution is -2.26. The Labute approximate surface area is 156 Å². The number of nitrogens with zero attached hydrogens (tertiary/aromatic N) is 3. The normalized spacial score (nSPS) is 12.2. The van der Waals surface area contributed by atoms with Crippen LogP contribution in [0.15, 0.2) is 59.8 Å². The third kappa shape index (κ3) is 3.34. The fraction of sp³-hybridized carbons (Fsp3) is 0.105. The molecule has 0 bridgehead atoms. The molecule has 0 radical (unpaired) electrons. The molecule has 0 saturated heterocycles. The average molecular weight is 385 g/mol. The molecule has 1 amide bonds. The van der Waals surface area contributed by atoms with Crippen LogP contribution < -0.4 is 5.43 Å². The molecule has 0 aliphatic rings. The number of alkyl halides is 3. The minimum Gasteiger partial charge on any atom is -0.361 e. The molecule has 0 atom stereocenters. The number of para-hydroxylation sites is 3. The Morgan fingerprint density at radius 3 is 2.75 bits per heavy atom. The molecule has 0 fully saturated rings. The number of rotatable bonds is 4. The Morgan fingerprint density at radius 2 is 1.93 bits per heavy atom. The molecule has 6 nitrogen and oxygen atoms in total. The molecule has 2 N–H and O–H groups in total. The van der Waals surface area contributed by atoms with Gasteiger partial charge in [0.25, 0.3) is 5.91 Å². The Hall–Kier alpha value is -3.62. The van der Waals surface area contributed by atoms with Gasteiger partial charge in [0.2, 0.25) is 5.82 Å². The Kier molecular flexibility index (Phi) is 4.34. The van der Waals surface area contributed by atoms with Gasteiger partial charge >= 0.3 is 6.18 Å². The number of fused-ring (bicyclic) bond motifs is 2. The quantitative estimate of drug-likeness (QED) is 0.415. The number of carbonyl (C=O) groups is 1. The van der Waals surface area contributed by atoms with E-state index in [2.05, 4.69) is 20.5 Å². The van der Waals surface area contributed by atoms with E-state index in [1.807, 2.05) is 24.3 Å². The highest BCUT2D eigenvalue weighted by atomic mass is 19.4. The zero-order valence-corrected chi connectivity index (χ0v) is 14.4. The predicted octanol–water partition coefficient (Wildman–Crippen LogP) is 3.69. The molecule has 142 valence electrons. The van der Waals surface area contributed by atoms with Crippen LogP contribution in [0.1, 0.15) is 11.4 Å². The summed E-state index contributed by atoms with van der Waals surface area (Å²) in [4.78, 5) is 18.8. The molecule has 4 rings (SSSR count). The summed E-state index contributed by atoms with van der Waals surface area (Å²) < 4.78 is 40.7. The molecule has 2 aromatic carbocycles. The average Bonchev–Trinajstić information content (AvgIpc) is 3.24. The topological polar surface area (TPSA) is 75.1 Å². The first-order valence-corrected chi connectivity index (χ1v) is 8.34. The second-order valence-electron chi connectivity index (χ2n) is 6.09. The number of H-pyrrole nitrogens is 1. The second kappa shape index (κ2) is 6.84. The van der Waals surface area contributed by atoms with Crippen LogP contribution in [0.5, 0.6) is 0 Å². The van der Waals surface area contributed by atoms with E-state index in [1.165, 1.54) is 18.3 Å². The Balaban J connectivity index is 1.54. The lowest BCUT2D eigenvalue weighted by molar-refractivity contribution is -0.147. The van der Waals surface area contributed by atoms with Crippen LogP contribution in [0.25, 0.3) is 21.9 Å². The van der Waals surface area contributed by atoms with Gasteiger partial charge in [0, 0.05) is 22.7 Å². The highest BCUT2D eigenvalue weighted by Crippen LogP contribution is 2.31. The summed E-state index contributed by atoms with van der Waals surface area (Å²) in [6, 6.07) is 13.7. The molecule has 9 heteroatoms. The van der Waals surface area contributed by atoms with Crippen molar-refractivity contribution < 1.29 is 18.0 Å². The number of hydrazone groups is 1. The third-order valence-corrected chi connectivity index (χ3v) is 4.22. The number of halogens is 3. The summed E-state index contributed by atoms with van der Waals surface area (Å²) in [6.45, 7) is -0.555. The van der Waals surface area contributed by atoms with Crippen LogP contribution in [0.3, 0.4) is 0 Å². The van der Waals surface area contributed by atoms with E-state index >= 15 is 0 Å². The molecular weight excluding hydrogens is 371 g/mol. The molecule has 0 unspecified atom stereocenters. The predicted molar refractivity (Wildman–Crippen MR) is 98.8 cm³/mol. The molecule has 0 aliphatic heterocycles. The van der Waals surface area contributed by atoms with Crippen molar-refractivity contribution in [3.8, 4) is 0 Å². The van der Waals surface area contributed by atoms with Crippen molar-refractivity contribution in [1.82, 2.24) is 20.0 Å². The van der Waals surface area contributed by atoms with E-state index in [1.54, 1.807) is 18.3 Å². The fourth-order valence-electron chi connectivity index (χ4n) is 3.01. The van der Waals surface area contributed by atoms with Crippen molar-refractivity contribution >= 4 is 34.1 Å². The molecular formula is C19H14F3N5O. The minimum absolute atomic E-state index is 0.171. The van der Waals surface area contributed by atoms with Crippen molar-refractivity contribution in [2.24, 2.45) is 5.10 Å². The number of benzene rings is 2. The van der Waals surface area contributed by atoms with Gasteiger partial charge < -0.3 is 9.55 Å². The largest absolute Gasteiger partial charge is 0.449 e. The maximum atomic E-state index is 13.3. The molecule has 0 spiro atoms. The van der Waals surface area contributed by atoms with Gasteiger partial charge in [0.1, 0.15) is 6.54 Å². The third-order valence-electron chi connectivity index (χ3n) is 4.22. The van der Waals surface area contributed by atoms with Gasteiger partial charge in [0.15, 0.2) is 0 Å². The first-order valence-electron chi connectivity index (χ1n) is 8.34. The number of amides is 1. The molecule has 0 aliphatic carbocycles. The summed E-state index contributed by atoms with van der Waals surface area (Å²) in [6.07, 6.45) is -1.51. The van der Waals surface area contributed by atoms with Crippen molar-refractivity contribution in [2.75, 3.05) is 0 Å². The number of aromatic amines is 1. The number of nitrogens with one attached hydrogen (secondary N) is 2. The summed E-state index contributed by atoms with van der Waals surface area (Å²) in [5.41, 5.74) is 4.33. The lowest BCUT2D eigenvalue weighted by atomic mass is 10.2.